The molecular formula is C14H22BNO2. The number of rotatable bonds is 3. The Bertz CT molecular complexity index is 777. The van der Waals surface area contributed by atoms with Gasteiger partial charge in [0.2, 0.25) is 0 Å². The van der Waals surface area contributed by atoms with Crippen molar-refractivity contribution in [2.75, 3.05) is 0 Å². The molecule has 0 bridgehead atoms. The van der Waals surface area contributed by atoms with Crippen LogP contribution in [0, 0.1) is 0 Å². The molecule has 1 aliphatic rings. The fourth-order valence-corrected chi connectivity index (χ4v) is 1.52. The summed E-state index contributed by atoms with van der Waals surface area (Å²) in [4.78, 5) is 3.89. The van der Waals surface area contributed by atoms with Crippen molar-refractivity contribution in [1.82, 2.24) is 4.98 Å². The Labute approximate surface area is 124 Å². The molecule has 98 valence electrons. The number of hydrogen-bond donors (Lipinski definition) is 0. The zero-order valence-corrected chi connectivity index (χ0v) is 10.8. The highest BCUT2D eigenvalue weighted by atomic mass is 16.7. The molecule has 0 aromatic carbocycles. The van der Waals surface area contributed by atoms with Gasteiger partial charge in [-0.05, 0) is 46.2 Å². The molecule has 1 aromatic heterocycles. The van der Waals surface area contributed by atoms with Crippen LogP contribution in [0.4, 0.5) is 0 Å². The molecule has 0 amide bonds. The minimum atomic E-state index is -3.40. The van der Waals surface area contributed by atoms with Crippen LogP contribution < -0.4 is 5.59 Å². The van der Waals surface area contributed by atoms with Gasteiger partial charge in [0.15, 0.2) is 0 Å². The molecule has 1 aromatic rings. The first-order chi connectivity index (χ1) is 12.3. The molecule has 18 heavy (non-hydrogen) atoms. The van der Waals surface area contributed by atoms with Crippen molar-refractivity contribution in [2.45, 2.75) is 58.5 Å². The summed E-state index contributed by atoms with van der Waals surface area (Å²) in [6, 6.07) is -2.11. The molecule has 0 N–H and O–H groups in total. The van der Waals surface area contributed by atoms with Crippen molar-refractivity contribution >= 4 is 12.7 Å². The molecule has 4 heteroatoms. The van der Waals surface area contributed by atoms with Gasteiger partial charge in [-0.2, -0.15) is 0 Å². The Kier molecular flexibility index (Phi) is 1.46. The molecule has 2 rings (SSSR count). The summed E-state index contributed by atoms with van der Waals surface area (Å²) in [5.41, 5.74) is -2.83. The maximum absolute atomic E-state index is 8.08. The predicted octanol–water partition coefficient (Wildman–Crippen LogP) is 2.33. The van der Waals surface area contributed by atoms with Gasteiger partial charge in [0, 0.05) is 15.3 Å². The predicted molar refractivity (Wildman–Crippen MR) is 73.9 cm³/mol. The maximum atomic E-state index is 8.08. The van der Waals surface area contributed by atoms with Gasteiger partial charge in [-0.15, -0.1) is 0 Å². The van der Waals surface area contributed by atoms with E-state index in [-0.39, 0.29) is 5.59 Å². The van der Waals surface area contributed by atoms with Crippen LogP contribution in [0.5, 0.6) is 0 Å². The Morgan fingerprint density at radius 3 is 2.61 bits per heavy atom. The van der Waals surface area contributed by atoms with Crippen LogP contribution >= 0.6 is 0 Å². The smallest absolute Gasteiger partial charge is 0.398 e. The summed E-state index contributed by atoms with van der Waals surface area (Å²) in [7, 11) is -1.25. The zero-order valence-electron chi connectivity index (χ0n) is 20.8. The molecule has 2 heterocycles. The zero-order chi connectivity index (χ0) is 22.1. The maximum Gasteiger partial charge on any atom is 0.514 e. The fourth-order valence-electron chi connectivity index (χ4n) is 1.52. The molecule has 0 radical (unpaired) electrons. The van der Waals surface area contributed by atoms with Crippen LogP contribution in [-0.4, -0.2) is 23.3 Å². The summed E-state index contributed by atoms with van der Waals surface area (Å²) in [5.74, 6) is 0. The lowest BCUT2D eigenvalue weighted by Crippen LogP contribution is -2.41. The van der Waals surface area contributed by atoms with Crippen molar-refractivity contribution in [3.63, 3.8) is 0 Å². The molecule has 0 saturated carbocycles. The highest BCUT2D eigenvalue weighted by Gasteiger charge is 2.52. The number of aromatic nitrogens is 1. The second-order valence-corrected chi connectivity index (χ2v) is 5.06. The molecular weight excluding hydrogens is 225 g/mol. The van der Waals surface area contributed by atoms with E-state index in [0.717, 1.165) is 0 Å². The summed E-state index contributed by atoms with van der Waals surface area (Å²) < 4.78 is 89.3. The molecule has 0 spiro atoms. The highest BCUT2D eigenvalue weighted by Crippen LogP contribution is 2.36. The first-order valence-electron chi connectivity index (χ1n) is 10.6. The lowest BCUT2D eigenvalue weighted by molar-refractivity contribution is 0.00578. The number of nitrogens with zero attached hydrogens (tertiary/aromatic N) is 1. The third-order valence-electron chi connectivity index (χ3n) is 3.26. The SMILES string of the molecule is [2H]c1c(B2OC(C)(C)C(C)(C)O2)nc(C([2H])([2H])C([2H])([2H])C([2H])([2H])[2H])c([2H])c1[2H]. The number of hydrogen-bond acceptors (Lipinski definition) is 3. The van der Waals surface area contributed by atoms with Crippen molar-refractivity contribution in [1.29, 1.82) is 0 Å². The normalized spacial score (nSPS) is 31.7. The van der Waals surface area contributed by atoms with Gasteiger partial charge in [0.05, 0.1) is 20.9 Å². The van der Waals surface area contributed by atoms with Crippen LogP contribution in [-0.2, 0) is 15.7 Å². The largest absolute Gasteiger partial charge is 0.514 e. The summed E-state index contributed by atoms with van der Waals surface area (Å²) in [5, 5.41) is 0. The summed E-state index contributed by atoms with van der Waals surface area (Å²) in [6.45, 7) is 3.61. The minimum absolute atomic E-state index is 0.306. The van der Waals surface area contributed by atoms with E-state index in [4.69, 9.17) is 23.0 Å². The Balaban J connectivity index is 2.68. The van der Waals surface area contributed by atoms with E-state index in [2.05, 4.69) is 4.98 Å². The van der Waals surface area contributed by atoms with Crippen molar-refractivity contribution in [3.05, 3.63) is 23.8 Å². The molecule has 0 aliphatic carbocycles. The summed E-state index contributed by atoms with van der Waals surface area (Å²) >= 11 is 0. The van der Waals surface area contributed by atoms with Crippen LogP contribution in [0.25, 0.3) is 0 Å². The quantitative estimate of drug-likeness (QED) is 0.779. The Morgan fingerprint density at radius 2 is 2.00 bits per heavy atom. The highest BCUT2D eigenvalue weighted by molar-refractivity contribution is 6.61. The first kappa shape index (κ1) is 5.64. The molecule has 1 aliphatic heterocycles. The van der Waals surface area contributed by atoms with E-state index in [1.54, 1.807) is 27.7 Å². The number of aryl methyl sites for hydroxylation is 1. The average Bonchev–Trinajstić information content (AvgIpc) is 2.71. The third kappa shape index (κ3) is 2.45. The van der Waals surface area contributed by atoms with Crippen molar-refractivity contribution in [2.24, 2.45) is 0 Å². The van der Waals surface area contributed by atoms with E-state index in [9.17, 15) is 0 Å². The van der Waals surface area contributed by atoms with E-state index >= 15 is 0 Å². The van der Waals surface area contributed by atoms with Crippen LogP contribution in [0.1, 0.15) is 60.3 Å². The molecule has 1 saturated heterocycles. The molecule has 0 unspecified atom stereocenters. The van der Waals surface area contributed by atoms with Crippen LogP contribution in [0.3, 0.4) is 0 Å². The van der Waals surface area contributed by atoms with Gasteiger partial charge in [-0.1, -0.05) is 19.3 Å². The van der Waals surface area contributed by atoms with Crippen LogP contribution in [0.2, 0.25) is 0 Å². The Morgan fingerprint density at radius 1 is 1.33 bits per heavy atom. The van der Waals surface area contributed by atoms with Gasteiger partial charge in [-0.25, -0.2) is 0 Å². The van der Waals surface area contributed by atoms with Gasteiger partial charge in [0.1, 0.15) is 0 Å². The fraction of sp³-hybridized carbons (Fsp3) is 0.643. The van der Waals surface area contributed by atoms with E-state index in [1.165, 1.54) is 0 Å². The van der Waals surface area contributed by atoms with E-state index in [1.807, 2.05) is 0 Å². The molecule has 3 nitrogen and oxygen atoms in total. The Hall–Kier alpha value is -0.865. The molecule has 0 atom stereocenters. The third-order valence-corrected chi connectivity index (χ3v) is 3.26. The average molecular weight is 257 g/mol. The standard InChI is InChI=1S/C14H22BNO2/c1-6-8-11-9-7-10-12(16-11)15-17-13(2,3)14(4,5)18-15/h7,9-10H,6,8H2,1-5H3/i1D3,6D2,7D,8D2,9D,10D. The van der Waals surface area contributed by atoms with E-state index in [0.29, 0.717) is 0 Å². The topological polar surface area (TPSA) is 31.4 Å². The van der Waals surface area contributed by atoms with Crippen molar-refractivity contribution in [3.8, 4) is 0 Å². The molecule has 1 fully saturated rings. The van der Waals surface area contributed by atoms with Gasteiger partial charge < -0.3 is 9.31 Å². The van der Waals surface area contributed by atoms with Crippen molar-refractivity contribution < 1.29 is 23.0 Å². The second-order valence-electron chi connectivity index (χ2n) is 5.06. The second kappa shape index (κ2) is 4.67. The van der Waals surface area contributed by atoms with Gasteiger partial charge in [-0.3, -0.25) is 4.98 Å². The first-order valence-corrected chi connectivity index (χ1v) is 5.62. The minimum Gasteiger partial charge on any atom is -0.398 e. The van der Waals surface area contributed by atoms with Crippen LogP contribution in [0.15, 0.2) is 18.1 Å². The van der Waals surface area contributed by atoms with Gasteiger partial charge in [0.25, 0.3) is 0 Å². The summed E-state index contributed by atoms with van der Waals surface area (Å²) in [6.07, 6.45) is -6.64. The van der Waals surface area contributed by atoms with Gasteiger partial charge >= 0.3 is 7.12 Å². The number of pyridine rings is 1. The van der Waals surface area contributed by atoms with E-state index < -0.39 is 61.7 Å². The lowest BCUT2D eigenvalue weighted by Gasteiger charge is -2.32. The lowest BCUT2D eigenvalue weighted by atomic mass is 9.84. The monoisotopic (exact) mass is 257 g/mol.